The summed E-state index contributed by atoms with van der Waals surface area (Å²) in [6, 6.07) is 2.18. The van der Waals surface area contributed by atoms with Gasteiger partial charge in [-0.3, -0.25) is 0 Å². The number of hydrogen-bond acceptors (Lipinski definition) is 6. The molecule has 2 rings (SSSR count). The van der Waals surface area contributed by atoms with Crippen molar-refractivity contribution in [2.45, 2.75) is 12.5 Å². The molecule has 94 valence electrons. The van der Waals surface area contributed by atoms with Crippen LogP contribution >= 0.6 is 0 Å². The van der Waals surface area contributed by atoms with Crippen LogP contribution in [0, 0.1) is 0 Å². The van der Waals surface area contributed by atoms with Crippen molar-refractivity contribution in [3.8, 4) is 0 Å². The van der Waals surface area contributed by atoms with Gasteiger partial charge in [-0.05, 0) is 12.5 Å². The minimum Gasteiger partial charge on any atom is -0.383 e. The van der Waals surface area contributed by atoms with Crippen molar-refractivity contribution >= 4 is 11.8 Å². The third-order valence-corrected chi connectivity index (χ3v) is 2.78. The summed E-state index contributed by atoms with van der Waals surface area (Å²) >= 11 is 0. The molecule has 0 aromatic carbocycles. The van der Waals surface area contributed by atoms with E-state index in [0.717, 1.165) is 25.3 Å². The van der Waals surface area contributed by atoms with Crippen LogP contribution in [0.1, 0.15) is 6.42 Å². The Balaban J connectivity index is 1.96. The molecule has 0 aliphatic carbocycles. The van der Waals surface area contributed by atoms with Gasteiger partial charge in [-0.2, -0.15) is 4.98 Å². The average Bonchev–Trinajstić information content (AvgIpc) is 2.77. The minimum absolute atomic E-state index is 0.259. The van der Waals surface area contributed by atoms with Gasteiger partial charge in [0.05, 0.1) is 6.61 Å². The molecule has 0 amide bonds. The molecular weight excluding hydrogens is 218 g/mol. The van der Waals surface area contributed by atoms with Crippen molar-refractivity contribution < 1.29 is 4.74 Å². The third-order valence-electron chi connectivity index (χ3n) is 2.78. The second-order valence-corrected chi connectivity index (χ2v) is 4.15. The first-order valence-corrected chi connectivity index (χ1v) is 5.86. The molecule has 1 aliphatic heterocycles. The summed E-state index contributed by atoms with van der Waals surface area (Å²) < 4.78 is 4.96. The van der Waals surface area contributed by atoms with Gasteiger partial charge < -0.3 is 20.7 Å². The predicted octanol–water partition coefficient (Wildman–Crippen LogP) is 0.0723. The Morgan fingerprint density at radius 2 is 2.53 bits per heavy atom. The maximum atomic E-state index is 5.88. The van der Waals surface area contributed by atoms with Crippen LogP contribution in [0.4, 0.5) is 11.8 Å². The summed E-state index contributed by atoms with van der Waals surface area (Å²) in [5.41, 5.74) is 5.88. The first kappa shape index (κ1) is 12.1. The van der Waals surface area contributed by atoms with Gasteiger partial charge >= 0.3 is 0 Å². The smallest absolute Gasteiger partial charge is 0.224 e. The second-order valence-electron chi connectivity index (χ2n) is 4.15. The number of aromatic nitrogens is 2. The Morgan fingerprint density at radius 1 is 1.65 bits per heavy atom. The zero-order valence-electron chi connectivity index (χ0n) is 10.1. The molecule has 1 aromatic rings. The van der Waals surface area contributed by atoms with E-state index in [0.29, 0.717) is 19.1 Å². The molecule has 0 saturated carbocycles. The molecule has 1 aliphatic rings. The van der Waals surface area contributed by atoms with Crippen LogP contribution in [-0.2, 0) is 4.74 Å². The standard InChI is InChI=1S/C11H19N5O/c1-17-7-5-14-11-13-4-2-10(15-11)16-6-3-9(12)8-16/h2,4,9H,3,5-8,12H2,1H3,(H,13,14,15). The van der Waals surface area contributed by atoms with E-state index in [9.17, 15) is 0 Å². The largest absolute Gasteiger partial charge is 0.383 e. The van der Waals surface area contributed by atoms with Crippen LogP contribution < -0.4 is 16.0 Å². The van der Waals surface area contributed by atoms with Crippen LogP contribution in [0.2, 0.25) is 0 Å². The van der Waals surface area contributed by atoms with E-state index in [1.165, 1.54) is 0 Å². The Kier molecular flexibility index (Phi) is 4.11. The highest BCUT2D eigenvalue weighted by Crippen LogP contribution is 2.17. The number of methoxy groups -OCH3 is 1. The summed E-state index contributed by atoms with van der Waals surface area (Å²) in [5, 5.41) is 3.12. The fourth-order valence-corrected chi connectivity index (χ4v) is 1.87. The summed E-state index contributed by atoms with van der Waals surface area (Å²) in [7, 11) is 1.67. The van der Waals surface area contributed by atoms with Gasteiger partial charge in [0.25, 0.3) is 0 Å². The molecular formula is C11H19N5O. The van der Waals surface area contributed by atoms with Gasteiger partial charge in [-0.1, -0.05) is 0 Å². The van der Waals surface area contributed by atoms with Crippen molar-refractivity contribution in [3.63, 3.8) is 0 Å². The first-order chi connectivity index (χ1) is 8.29. The van der Waals surface area contributed by atoms with Crippen LogP contribution in [0.5, 0.6) is 0 Å². The van der Waals surface area contributed by atoms with E-state index in [1.807, 2.05) is 6.07 Å². The van der Waals surface area contributed by atoms with Crippen LogP contribution in [0.3, 0.4) is 0 Å². The van der Waals surface area contributed by atoms with Gasteiger partial charge in [0.15, 0.2) is 0 Å². The number of nitrogens with zero attached hydrogens (tertiary/aromatic N) is 3. The van der Waals surface area contributed by atoms with Gasteiger partial charge in [0.2, 0.25) is 5.95 Å². The monoisotopic (exact) mass is 237 g/mol. The van der Waals surface area contributed by atoms with E-state index in [-0.39, 0.29) is 6.04 Å². The van der Waals surface area contributed by atoms with E-state index in [2.05, 4.69) is 20.2 Å². The van der Waals surface area contributed by atoms with Crippen molar-refractivity contribution in [2.75, 3.05) is 43.6 Å². The van der Waals surface area contributed by atoms with Gasteiger partial charge in [-0.25, -0.2) is 4.98 Å². The third kappa shape index (κ3) is 3.28. The molecule has 0 bridgehead atoms. The number of hydrogen-bond donors (Lipinski definition) is 2. The lowest BCUT2D eigenvalue weighted by molar-refractivity contribution is 0.210. The van der Waals surface area contributed by atoms with E-state index < -0.39 is 0 Å². The maximum Gasteiger partial charge on any atom is 0.224 e. The fraction of sp³-hybridized carbons (Fsp3) is 0.636. The fourth-order valence-electron chi connectivity index (χ4n) is 1.87. The molecule has 2 heterocycles. The zero-order chi connectivity index (χ0) is 12.1. The van der Waals surface area contributed by atoms with Gasteiger partial charge in [-0.15, -0.1) is 0 Å². The van der Waals surface area contributed by atoms with E-state index in [1.54, 1.807) is 13.3 Å². The highest BCUT2D eigenvalue weighted by Gasteiger charge is 2.20. The molecule has 0 radical (unpaired) electrons. The van der Waals surface area contributed by atoms with Crippen molar-refractivity contribution in [1.29, 1.82) is 0 Å². The predicted molar refractivity (Wildman–Crippen MR) is 67.2 cm³/mol. The van der Waals surface area contributed by atoms with Gasteiger partial charge in [0.1, 0.15) is 5.82 Å². The molecule has 6 nitrogen and oxygen atoms in total. The van der Waals surface area contributed by atoms with Gasteiger partial charge in [0, 0.05) is 39.0 Å². The molecule has 1 fully saturated rings. The van der Waals surface area contributed by atoms with Crippen LogP contribution in [-0.4, -0.2) is 49.4 Å². The zero-order valence-corrected chi connectivity index (χ0v) is 10.1. The number of ether oxygens (including phenoxy) is 1. The van der Waals surface area contributed by atoms with Crippen molar-refractivity contribution in [3.05, 3.63) is 12.3 Å². The van der Waals surface area contributed by atoms with E-state index >= 15 is 0 Å². The van der Waals surface area contributed by atoms with E-state index in [4.69, 9.17) is 10.5 Å². The maximum absolute atomic E-state index is 5.88. The molecule has 1 saturated heterocycles. The molecule has 1 unspecified atom stereocenters. The second kappa shape index (κ2) is 5.79. The minimum atomic E-state index is 0.259. The molecule has 17 heavy (non-hydrogen) atoms. The molecule has 0 spiro atoms. The Hall–Kier alpha value is -1.40. The number of anilines is 2. The summed E-state index contributed by atoms with van der Waals surface area (Å²) in [4.78, 5) is 10.8. The molecule has 6 heteroatoms. The topological polar surface area (TPSA) is 76.3 Å². The first-order valence-electron chi connectivity index (χ1n) is 5.86. The average molecular weight is 237 g/mol. The molecule has 1 aromatic heterocycles. The quantitative estimate of drug-likeness (QED) is 0.706. The Labute approximate surface area is 101 Å². The lowest BCUT2D eigenvalue weighted by Gasteiger charge is -2.17. The molecule has 3 N–H and O–H groups in total. The lowest BCUT2D eigenvalue weighted by Crippen LogP contribution is -2.27. The van der Waals surface area contributed by atoms with Crippen LogP contribution in [0.25, 0.3) is 0 Å². The summed E-state index contributed by atoms with van der Waals surface area (Å²) in [6.45, 7) is 3.19. The lowest BCUT2D eigenvalue weighted by atomic mass is 10.3. The van der Waals surface area contributed by atoms with Crippen molar-refractivity contribution in [2.24, 2.45) is 5.73 Å². The molecule has 1 atom stereocenters. The van der Waals surface area contributed by atoms with Crippen LogP contribution in [0.15, 0.2) is 12.3 Å². The van der Waals surface area contributed by atoms with Crippen molar-refractivity contribution in [1.82, 2.24) is 9.97 Å². The number of nitrogens with two attached hydrogens (primary N) is 1. The highest BCUT2D eigenvalue weighted by atomic mass is 16.5. The summed E-state index contributed by atoms with van der Waals surface area (Å²) in [6.07, 6.45) is 2.79. The Bertz CT molecular complexity index is 359. The normalized spacial score (nSPS) is 19.6. The highest BCUT2D eigenvalue weighted by molar-refractivity contribution is 5.43. The Morgan fingerprint density at radius 3 is 3.24 bits per heavy atom. The number of rotatable bonds is 5. The summed E-state index contributed by atoms with van der Waals surface area (Å²) in [5.74, 6) is 1.58. The SMILES string of the molecule is COCCNc1nccc(N2CCC(N)C2)n1. The number of nitrogens with one attached hydrogen (secondary N) is 1.